The van der Waals surface area contributed by atoms with Crippen LogP contribution in [0, 0.1) is 0 Å². The van der Waals surface area contributed by atoms with Crippen LogP contribution in [0.2, 0.25) is 0 Å². The summed E-state index contributed by atoms with van der Waals surface area (Å²) >= 11 is 1.31. The Morgan fingerprint density at radius 3 is 2.60 bits per heavy atom. The maximum atomic E-state index is 13.0. The Morgan fingerprint density at radius 2 is 1.74 bits per heavy atom. The number of anilines is 1. The third-order valence-corrected chi connectivity index (χ3v) is 6.56. The van der Waals surface area contributed by atoms with Crippen molar-refractivity contribution < 1.29 is 23.9 Å². The van der Waals surface area contributed by atoms with Crippen molar-refractivity contribution in [1.82, 2.24) is 9.88 Å². The van der Waals surface area contributed by atoms with Crippen LogP contribution in [0.5, 0.6) is 11.5 Å². The zero-order chi connectivity index (χ0) is 23.9. The first-order valence-electron chi connectivity index (χ1n) is 10.8. The van der Waals surface area contributed by atoms with Crippen LogP contribution < -0.4 is 14.8 Å². The van der Waals surface area contributed by atoms with Gasteiger partial charge in [-0.25, -0.2) is 4.98 Å². The Kier molecular flexibility index (Phi) is 5.04. The number of aromatic nitrogens is 1. The van der Waals surface area contributed by atoms with Crippen molar-refractivity contribution in [3.63, 3.8) is 0 Å². The highest BCUT2D eigenvalue weighted by molar-refractivity contribution is 7.14. The second-order valence-corrected chi connectivity index (χ2v) is 8.86. The fourth-order valence-electron chi connectivity index (χ4n) is 4.04. The number of nitrogens with zero attached hydrogens (tertiary/aromatic N) is 2. The van der Waals surface area contributed by atoms with Gasteiger partial charge in [0.2, 0.25) is 6.79 Å². The minimum atomic E-state index is -0.446. The number of carbonyl (C=O) groups is 3. The number of amides is 3. The van der Waals surface area contributed by atoms with Gasteiger partial charge >= 0.3 is 0 Å². The molecule has 3 heterocycles. The summed E-state index contributed by atoms with van der Waals surface area (Å²) in [6, 6.07) is 19.5. The van der Waals surface area contributed by atoms with Gasteiger partial charge in [0, 0.05) is 16.5 Å². The number of imide groups is 1. The molecule has 0 radical (unpaired) electrons. The highest BCUT2D eigenvalue weighted by Crippen LogP contribution is 2.34. The summed E-state index contributed by atoms with van der Waals surface area (Å²) in [4.78, 5) is 44.4. The van der Waals surface area contributed by atoms with Crippen molar-refractivity contribution in [2.24, 2.45) is 0 Å². The monoisotopic (exact) mass is 483 g/mol. The summed E-state index contributed by atoms with van der Waals surface area (Å²) in [5, 5.41) is 5.08. The number of carbonyl (C=O) groups excluding carboxylic acids is 3. The van der Waals surface area contributed by atoms with Crippen LogP contribution in [0.25, 0.3) is 11.3 Å². The van der Waals surface area contributed by atoms with Crippen molar-refractivity contribution in [3.8, 4) is 22.8 Å². The molecule has 0 spiro atoms. The fourth-order valence-corrected chi connectivity index (χ4v) is 4.75. The molecule has 4 aromatic rings. The molecule has 2 aliphatic heterocycles. The largest absolute Gasteiger partial charge is 0.454 e. The molecule has 6 rings (SSSR count). The first-order chi connectivity index (χ1) is 17.1. The van der Waals surface area contributed by atoms with Crippen LogP contribution in [0.1, 0.15) is 36.6 Å². The molecular weight excluding hydrogens is 466 g/mol. The topological polar surface area (TPSA) is 97.8 Å². The van der Waals surface area contributed by atoms with E-state index in [2.05, 4.69) is 10.3 Å². The molecule has 0 unspecified atom stereocenters. The van der Waals surface area contributed by atoms with E-state index in [-0.39, 0.29) is 30.0 Å². The van der Waals surface area contributed by atoms with Crippen molar-refractivity contribution in [3.05, 3.63) is 94.4 Å². The number of benzene rings is 3. The second kappa shape index (κ2) is 8.37. The second-order valence-electron chi connectivity index (χ2n) is 8.00. The van der Waals surface area contributed by atoms with E-state index in [0.29, 0.717) is 16.6 Å². The molecular formula is C26H17N3O5S. The number of hydrogen-bond donors (Lipinski definition) is 1. The lowest BCUT2D eigenvalue weighted by molar-refractivity contribution is 0.0642. The van der Waals surface area contributed by atoms with Crippen LogP contribution in [0.4, 0.5) is 5.13 Å². The lowest BCUT2D eigenvalue weighted by atomic mass is 10.1. The minimum Gasteiger partial charge on any atom is -0.454 e. The predicted octanol–water partition coefficient (Wildman–Crippen LogP) is 4.59. The average Bonchev–Trinajstić information content (AvgIpc) is 3.60. The number of fused-ring (bicyclic) bond motifs is 2. The molecule has 3 amide bonds. The molecule has 0 saturated carbocycles. The SMILES string of the molecule is O=C(Nc1nc(-c2ccccc2)cs1)c1ccc2c(c1)C(=O)N(Cc1ccc3c(c1)OCO3)C2=O. The van der Waals surface area contributed by atoms with Gasteiger partial charge in [-0.3, -0.25) is 24.6 Å². The Morgan fingerprint density at radius 1 is 0.943 bits per heavy atom. The smallest absolute Gasteiger partial charge is 0.261 e. The maximum Gasteiger partial charge on any atom is 0.261 e. The molecule has 0 fully saturated rings. The molecule has 0 saturated heterocycles. The van der Waals surface area contributed by atoms with Gasteiger partial charge in [-0.1, -0.05) is 36.4 Å². The van der Waals surface area contributed by atoms with E-state index in [0.717, 1.165) is 21.7 Å². The molecule has 2 aliphatic rings. The van der Waals surface area contributed by atoms with Crippen molar-refractivity contribution in [1.29, 1.82) is 0 Å². The maximum absolute atomic E-state index is 13.0. The van der Waals surface area contributed by atoms with E-state index in [4.69, 9.17) is 9.47 Å². The molecule has 9 heteroatoms. The lowest BCUT2D eigenvalue weighted by Gasteiger charge is -2.14. The van der Waals surface area contributed by atoms with E-state index < -0.39 is 17.7 Å². The first-order valence-corrected chi connectivity index (χ1v) is 11.7. The van der Waals surface area contributed by atoms with E-state index in [9.17, 15) is 14.4 Å². The van der Waals surface area contributed by atoms with Crippen molar-refractivity contribution in [2.75, 3.05) is 12.1 Å². The van der Waals surface area contributed by atoms with Gasteiger partial charge < -0.3 is 9.47 Å². The third kappa shape index (κ3) is 3.81. The van der Waals surface area contributed by atoms with Crippen LogP contribution in [-0.4, -0.2) is 34.4 Å². The van der Waals surface area contributed by atoms with Gasteiger partial charge in [0.25, 0.3) is 17.7 Å². The summed E-state index contributed by atoms with van der Waals surface area (Å²) in [5.74, 6) is -0.0465. The Balaban J connectivity index is 1.19. The van der Waals surface area contributed by atoms with Gasteiger partial charge in [0.1, 0.15) is 0 Å². The summed E-state index contributed by atoms with van der Waals surface area (Å²) < 4.78 is 10.7. The highest BCUT2D eigenvalue weighted by atomic mass is 32.1. The fraction of sp³-hybridized carbons (Fsp3) is 0.0769. The number of nitrogens with one attached hydrogen (secondary N) is 1. The van der Waals surface area contributed by atoms with E-state index in [1.54, 1.807) is 18.2 Å². The molecule has 0 atom stereocenters. The summed E-state index contributed by atoms with van der Waals surface area (Å²) in [7, 11) is 0. The van der Waals surface area contributed by atoms with Crippen molar-refractivity contribution in [2.45, 2.75) is 6.54 Å². The number of rotatable bonds is 5. The lowest BCUT2D eigenvalue weighted by Crippen LogP contribution is -2.29. The zero-order valence-electron chi connectivity index (χ0n) is 18.2. The number of hydrogen-bond acceptors (Lipinski definition) is 7. The molecule has 0 aliphatic carbocycles. The molecule has 0 bridgehead atoms. The third-order valence-electron chi connectivity index (χ3n) is 5.80. The zero-order valence-corrected chi connectivity index (χ0v) is 19.0. The molecule has 8 nitrogen and oxygen atoms in total. The molecule has 1 N–H and O–H groups in total. The van der Waals surface area contributed by atoms with E-state index >= 15 is 0 Å². The van der Waals surface area contributed by atoms with Gasteiger partial charge in [-0.15, -0.1) is 11.3 Å². The first kappa shape index (κ1) is 21.1. The van der Waals surface area contributed by atoms with Crippen LogP contribution >= 0.6 is 11.3 Å². The minimum absolute atomic E-state index is 0.0892. The Labute approximate surface area is 203 Å². The van der Waals surface area contributed by atoms with Crippen LogP contribution in [0.3, 0.4) is 0 Å². The van der Waals surface area contributed by atoms with Crippen LogP contribution in [0.15, 0.2) is 72.1 Å². The highest BCUT2D eigenvalue weighted by Gasteiger charge is 2.36. The molecule has 1 aromatic heterocycles. The Hall–Kier alpha value is -4.50. The van der Waals surface area contributed by atoms with Gasteiger partial charge in [0.15, 0.2) is 16.6 Å². The van der Waals surface area contributed by atoms with Crippen molar-refractivity contribution >= 4 is 34.2 Å². The number of ether oxygens (including phenoxy) is 2. The predicted molar refractivity (Wildman–Crippen MR) is 129 cm³/mol. The van der Waals surface area contributed by atoms with Gasteiger partial charge in [-0.2, -0.15) is 0 Å². The number of thiazole rings is 1. The standard InChI is InChI=1S/C26H17N3O5S/c30-23(28-26-27-20(13-35-26)16-4-2-1-3-5-16)17-7-8-18-19(11-17)25(32)29(24(18)31)12-15-6-9-21-22(10-15)34-14-33-21/h1-11,13H,12,14H2,(H,27,28,30). The molecule has 35 heavy (non-hydrogen) atoms. The summed E-state index contributed by atoms with van der Waals surface area (Å²) in [6.45, 7) is 0.233. The quantitative estimate of drug-likeness (QED) is 0.417. The summed E-state index contributed by atoms with van der Waals surface area (Å²) in [6.07, 6.45) is 0. The van der Waals surface area contributed by atoms with E-state index in [1.807, 2.05) is 35.7 Å². The average molecular weight is 484 g/mol. The van der Waals surface area contributed by atoms with Crippen LogP contribution in [-0.2, 0) is 6.54 Å². The molecule has 3 aromatic carbocycles. The molecule has 172 valence electrons. The van der Waals surface area contributed by atoms with E-state index in [1.165, 1.54) is 29.5 Å². The van der Waals surface area contributed by atoms with Gasteiger partial charge in [-0.05, 0) is 35.9 Å². The van der Waals surface area contributed by atoms with Gasteiger partial charge in [0.05, 0.1) is 23.4 Å². The summed E-state index contributed by atoms with van der Waals surface area (Å²) in [5.41, 5.74) is 3.19. The Bertz CT molecular complexity index is 1500. The normalized spacial score (nSPS) is 13.8.